The minimum Gasteiger partial charge on any atom is -0.504 e. The normalized spacial score (nSPS) is 19.6. The Morgan fingerprint density at radius 1 is 1.17 bits per heavy atom. The molecule has 0 spiro atoms. The molecule has 2 aliphatic rings. The van der Waals surface area contributed by atoms with Crippen LogP contribution in [0.5, 0.6) is 17.4 Å². The second-order valence-corrected chi connectivity index (χ2v) is 7.50. The van der Waals surface area contributed by atoms with Gasteiger partial charge in [-0.05, 0) is 30.5 Å². The Balaban J connectivity index is 1.66. The Hall–Kier alpha value is -3.23. The fourth-order valence-electron chi connectivity index (χ4n) is 4.18. The van der Waals surface area contributed by atoms with E-state index >= 15 is 0 Å². The Morgan fingerprint density at radius 2 is 1.93 bits per heavy atom. The lowest BCUT2D eigenvalue weighted by Gasteiger charge is -2.25. The monoisotopic (exact) mass is 400 g/mol. The molecule has 0 amide bonds. The average Bonchev–Trinajstić information content (AvgIpc) is 3.18. The molecule has 0 saturated heterocycles. The summed E-state index contributed by atoms with van der Waals surface area (Å²) in [6, 6.07) is 4.58. The van der Waals surface area contributed by atoms with E-state index in [1.165, 1.54) is 17.7 Å². The maximum Gasteiger partial charge on any atom is 0.331 e. The van der Waals surface area contributed by atoms with Crippen LogP contribution in [0.3, 0.4) is 0 Å². The molecule has 29 heavy (non-hydrogen) atoms. The van der Waals surface area contributed by atoms with Crippen LogP contribution in [0.2, 0.25) is 0 Å². The lowest BCUT2D eigenvalue weighted by molar-refractivity contribution is 0.298. The highest BCUT2D eigenvalue weighted by Crippen LogP contribution is 2.34. The van der Waals surface area contributed by atoms with E-state index in [1.807, 2.05) is 0 Å². The van der Waals surface area contributed by atoms with Crippen molar-refractivity contribution in [2.45, 2.75) is 50.6 Å². The molecule has 1 aromatic carbocycles. The lowest BCUT2D eigenvalue weighted by atomic mass is 9.95. The molecule has 9 heteroatoms. The summed E-state index contributed by atoms with van der Waals surface area (Å²) in [5.74, 6) is 0.0449. The van der Waals surface area contributed by atoms with Crippen LogP contribution in [-0.2, 0) is 0 Å². The van der Waals surface area contributed by atoms with Gasteiger partial charge in [0.05, 0.1) is 18.9 Å². The van der Waals surface area contributed by atoms with Gasteiger partial charge in [-0.25, -0.2) is 4.79 Å². The Bertz CT molecular complexity index is 1070. The van der Waals surface area contributed by atoms with Crippen LogP contribution in [0.1, 0.15) is 61.7 Å². The highest BCUT2D eigenvalue weighted by molar-refractivity contribution is 6.03. The largest absolute Gasteiger partial charge is 0.504 e. The van der Waals surface area contributed by atoms with E-state index in [0.717, 1.165) is 37.7 Å². The molecular formula is C20H24N4O5. The fraction of sp³-hybridized carbons (Fsp3) is 0.450. The number of aromatic amines is 1. The maximum absolute atomic E-state index is 12.5. The zero-order chi connectivity index (χ0) is 20.5. The Labute approximate surface area is 166 Å². The lowest BCUT2D eigenvalue weighted by Crippen LogP contribution is -2.36. The van der Waals surface area contributed by atoms with Gasteiger partial charge in [0, 0.05) is 12.5 Å². The van der Waals surface area contributed by atoms with E-state index in [2.05, 4.69) is 15.5 Å². The number of nitrogens with zero attached hydrogens (tertiary/aromatic N) is 2. The number of benzene rings is 1. The van der Waals surface area contributed by atoms with Crippen LogP contribution in [-0.4, -0.2) is 32.6 Å². The summed E-state index contributed by atoms with van der Waals surface area (Å²) in [6.45, 7) is 0. The fourth-order valence-corrected chi connectivity index (χ4v) is 4.18. The Morgan fingerprint density at radius 3 is 2.66 bits per heavy atom. The van der Waals surface area contributed by atoms with Crippen molar-refractivity contribution in [2.24, 2.45) is 5.10 Å². The van der Waals surface area contributed by atoms with Crippen LogP contribution in [0.15, 0.2) is 32.9 Å². The first kappa shape index (κ1) is 19.1. The van der Waals surface area contributed by atoms with E-state index in [1.54, 1.807) is 12.1 Å². The first-order chi connectivity index (χ1) is 14.0. The highest BCUT2D eigenvalue weighted by Gasteiger charge is 2.29. The van der Waals surface area contributed by atoms with Gasteiger partial charge >= 0.3 is 5.69 Å². The second kappa shape index (κ2) is 7.65. The summed E-state index contributed by atoms with van der Waals surface area (Å²) in [7, 11) is 1.47. The van der Waals surface area contributed by atoms with E-state index in [4.69, 9.17) is 4.74 Å². The number of aromatic nitrogens is 2. The minimum absolute atomic E-state index is 0.0240. The molecule has 4 N–H and O–H groups in total. The second-order valence-electron chi connectivity index (χ2n) is 7.50. The third kappa shape index (κ3) is 3.48. The van der Waals surface area contributed by atoms with Crippen molar-refractivity contribution in [1.29, 1.82) is 0 Å². The zero-order valence-electron chi connectivity index (χ0n) is 16.1. The molecule has 1 aromatic heterocycles. The number of hydrazone groups is 1. The summed E-state index contributed by atoms with van der Waals surface area (Å²) in [5, 5.41) is 24.8. The third-order valence-corrected chi connectivity index (χ3v) is 5.71. The predicted molar refractivity (Wildman–Crippen MR) is 107 cm³/mol. The molecule has 0 unspecified atom stereocenters. The van der Waals surface area contributed by atoms with Gasteiger partial charge in [0.1, 0.15) is 5.56 Å². The molecule has 0 bridgehead atoms. The number of nitrogens with one attached hydrogen (secondary N) is 2. The van der Waals surface area contributed by atoms with Crippen LogP contribution in [0, 0.1) is 0 Å². The number of hydrogen-bond donors (Lipinski definition) is 4. The van der Waals surface area contributed by atoms with Crippen molar-refractivity contribution >= 4 is 5.71 Å². The number of aromatic hydroxyl groups is 2. The minimum atomic E-state index is -0.649. The molecule has 0 radical (unpaired) electrons. The first-order valence-electron chi connectivity index (χ1n) is 9.76. The van der Waals surface area contributed by atoms with Gasteiger partial charge in [-0.15, -0.1) is 0 Å². The molecule has 2 heterocycles. The van der Waals surface area contributed by atoms with E-state index in [-0.39, 0.29) is 29.3 Å². The van der Waals surface area contributed by atoms with Crippen LogP contribution in [0.4, 0.5) is 0 Å². The van der Waals surface area contributed by atoms with Crippen molar-refractivity contribution < 1.29 is 14.9 Å². The van der Waals surface area contributed by atoms with Crippen LogP contribution in [0.25, 0.3) is 0 Å². The van der Waals surface area contributed by atoms with Crippen molar-refractivity contribution in [2.75, 3.05) is 7.11 Å². The molecule has 1 atom stereocenters. The molecule has 1 fully saturated rings. The van der Waals surface area contributed by atoms with E-state index in [0.29, 0.717) is 17.9 Å². The smallest absolute Gasteiger partial charge is 0.331 e. The van der Waals surface area contributed by atoms with Crippen molar-refractivity contribution in [3.05, 3.63) is 50.2 Å². The van der Waals surface area contributed by atoms with Gasteiger partial charge in [-0.2, -0.15) is 5.10 Å². The average molecular weight is 400 g/mol. The number of methoxy groups -OCH3 is 1. The summed E-state index contributed by atoms with van der Waals surface area (Å²) in [4.78, 5) is 27.2. The summed E-state index contributed by atoms with van der Waals surface area (Å²) >= 11 is 0. The molecule has 154 valence electrons. The maximum atomic E-state index is 12.5. The van der Waals surface area contributed by atoms with Crippen molar-refractivity contribution in [3.8, 4) is 17.4 Å². The molecule has 9 nitrogen and oxygen atoms in total. The van der Waals surface area contributed by atoms with Gasteiger partial charge in [-0.1, -0.05) is 25.3 Å². The van der Waals surface area contributed by atoms with Crippen molar-refractivity contribution in [3.63, 3.8) is 0 Å². The van der Waals surface area contributed by atoms with Crippen LogP contribution >= 0.6 is 0 Å². The molecule has 1 aliphatic carbocycles. The molecule has 4 rings (SSSR count). The number of hydrogen-bond acceptors (Lipinski definition) is 7. The molecule has 1 saturated carbocycles. The van der Waals surface area contributed by atoms with Gasteiger partial charge in [-0.3, -0.25) is 14.3 Å². The van der Waals surface area contributed by atoms with Gasteiger partial charge in [0.2, 0.25) is 5.88 Å². The first-order valence-corrected chi connectivity index (χ1v) is 9.76. The van der Waals surface area contributed by atoms with Gasteiger partial charge in [0.25, 0.3) is 5.56 Å². The Kier molecular flexibility index (Phi) is 5.04. The van der Waals surface area contributed by atoms with E-state index in [9.17, 15) is 19.8 Å². The summed E-state index contributed by atoms with van der Waals surface area (Å²) in [5.41, 5.74) is 2.94. The topological polar surface area (TPSA) is 129 Å². The SMILES string of the molecule is COc1cc([C@@H]2CC(c3c(O)n(C4CCCCC4)c(=O)[nH]c3=O)=NN2)ccc1O. The number of ether oxygens (including phenoxy) is 1. The number of rotatable bonds is 4. The number of H-pyrrole nitrogens is 1. The third-order valence-electron chi connectivity index (χ3n) is 5.71. The standard InChI is InChI=1S/C20H24N4O5/c1-29-16-9-11(7-8-15(16)25)13-10-14(23-22-13)17-18(26)21-20(28)24(19(17)27)12-5-3-2-4-6-12/h7-9,12-13,22,25,27H,2-6,10H2,1H3,(H,21,26,28)/t13-/m0/s1. The molecular weight excluding hydrogens is 376 g/mol. The zero-order valence-corrected chi connectivity index (χ0v) is 16.1. The summed E-state index contributed by atoms with van der Waals surface area (Å²) in [6.07, 6.45) is 5.00. The number of phenolic OH excluding ortho intramolecular Hbond substituents is 1. The number of phenols is 1. The molecule has 2 aromatic rings. The van der Waals surface area contributed by atoms with Gasteiger partial charge in [0.15, 0.2) is 11.5 Å². The molecule has 1 aliphatic heterocycles. The van der Waals surface area contributed by atoms with Gasteiger partial charge < -0.3 is 20.4 Å². The quantitative estimate of drug-likeness (QED) is 0.620. The predicted octanol–water partition coefficient (Wildman–Crippen LogP) is 1.90. The van der Waals surface area contributed by atoms with E-state index < -0.39 is 11.2 Å². The van der Waals surface area contributed by atoms with Crippen molar-refractivity contribution in [1.82, 2.24) is 15.0 Å². The van der Waals surface area contributed by atoms with Crippen LogP contribution < -0.4 is 21.4 Å². The highest BCUT2D eigenvalue weighted by atomic mass is 16.5. The summed E-state index contributed by atoms with van der Waals surface area (Å²) < 4.78 is 6.44.